The average molecular weight is 113 g/mol. The predicted molar refractivity (Wildman–Crippen MR) is 37.6 cm³/mol. The summed E-state index contributed by atoms with van der Waals surface area (Å²) < 4.78 is 0. The Hall–Kier alpha value is -0.300. The monoisotopic (exact) mass is 113 g/mol. The van der Waals surface area contributed by atoms with E-state index in [-0.39, 0.29) is 0 Å². The van der Waals surface area contributed by atoms with Crippen LogP contribution in [-0.2, 0) is 0 Å². The van der Waals surface area contributed by atoms with Gasteiger partial charge >= 0.3 is 0 Å². The summed E-state index contributed by atoms with van der Waals surface area (Å²) in [6.45, 7) is 5.03. The zero-order chi connectivity index (χ0) is 6.41. The maximum Gasteiger partial charge on any atom is 0.0106 e. The second-order valence-electron chi connectivity index (χ2n) is 2.05. The van der Waals surface area contributed by atoms with Crippen molar-refractivity contribution in [3.63, 3.8) is 0 Å². The van der Waals surface area contributed by atoms with Gasteiger partial charge in [0.2, 0.25) is 0 Å². The first-order valence-electron chi connectivity index (χ1n) is 3.18. The van der Waals surface area contributed by atoms with Gasteiger partial charge in [0.05, 0.1) is 0 Å². The molecular weight excluding hydrogens is 98.1 g/mol. The minimum atomic E-state index is 0.671. The quantitative estimate of drug-likeness (QED) is 0.552. The number of hydrogen-bond acceptors (Lipinski definition) is 1. The summed E-state index contributed by atoms with van der Waals surface area (Å²) in [5.74, 6) is 0.693. The summed E-state index contributed by atoms with van der Waals surface area (Å²) in [7, 11) is 0. The lowest BCUT2D eigenvalue weighted by molar-refractivity contribution is 0.696. The van der Waals surface area contributed by atoms with Gasteiger partial charge in [0.1, 0.15) is 0 Å². The van der Waals surface area contributed by atoms with Gasteiger partial charge in [-0.25, -0.2) is 0 Å². The average Bonchev–Trinajstić information content (AvgIpc) is 1.83. The van der Waals surface area contributed by atoms with E-state index in [2.05, 4.69) is 19.9 Å². The molecule has 48 valence electrons. The van der Waals surface area contributed by atoms with Gasteiger partial charge in [-0.3, -0.25) is 0 Å². The fraction of sp³-hybridized carbons (Fsp3) is 0.714. The van der Waals surface area contributed by atoms with E-state index in [1.54, 1.807) is 0 Å². The van der Waals surface area contributed by atoms with E-state index < -0.39 is 0 Å². The molecule has 8 heavy (non-hydrogen) atoms. The molecule has 1 unspecified atom stereocenters. The van der Waals surface area contributed by atoms with E-state index in [1.165, 1.54) is 6.42 Å². The normalized spacial score (nSPS) is 14.9. The summed E-state index contributed by atoms with van der Waals surface area (Å²) in [4.78, 5) is 0. The van der Waals surface area contributed by atoms with Crippen molar-refractivity contribution in [3.05, 3.63) is 12.2 Å². The maximum absolute atomic E-state index is 5.24. The topological polar surface area (TPSA) is 26.0 Å². The van der Waals surface area contributed by atoms with Crippen LogP contribution < -0.4 is 5.73 Å². The Labute approximate surface area is 51.6 Å². The van der Waals surface area contributed by atoms with Crippen LogP contribution in [0.3, 0.4) is 0 Å². The minimum absolute atomic E-state index is 0.671. The van der Waals surface area contributed by atoms with Crippen molar-refractivity contribution in [3.8, 4) is 0 Å². The van der Waals surface area contributed by atoms with Crippen LogP contribution in [0, 0.1) is 5.92 Å². The molecule has 0 aliphatic heterocycles. The molecule has 0 aromatic heterocycles. The molecule has 0 amide bonds. The Morgan fingerprint density at radius 1 is 1.62 bits per heavy atom. The summed E-state index contributed by atoms with van der Waals surface area (Å²) in [5, 5.41) is 0. The van der Waals surface area contributed by atoms with E-state index in [4.69, 9.17) is 5.73 Å². The fourth-order valence-electron chi connectivity index (χ4n) is 0.447. The van der Waals surface area contributed by atoms with Gasteiger partial charge in [0.15, 0.2) is 0 Å². The molecule has 0 aromatic rings. The van der Waals surface area contributed by atoms with E-state index >= 15 is 0 Å². The van der Waals surface area contributed by atoms with Gasteiger partial charge in [-0.1, -0.05) is 32.4 Å². The van der Waals surface area contributed by atoms with Crippen LogP contribution in [0.5, 0.6) is 0 Å². The number of hydrogen-bond donors (Lipinski definition) is 1. The minimum Gasteiger partial charge on any atom is -0.327 e. The van der Waals surface area contributed by atoms with Gasteiger partial charge in [-0.15, -0.1) is 0 Å². The van der Waals surface area contributed by atoms with Crippen LogP contribution in [0.25, 0.3) is 0 Å². The molecule has 1 nitrogen and oxygen atoms in total. The largest absolute Gasteiger partial charge is 0.327 e. The van der Waals surface area contributed by atoms with Crippen LogP contribution in [0.2, 0.25) is 0 Å². The lowest BCUT2D eigenvalue weighted by Gasteiger charge is -1.96. The van der Waals surface area contributed by atoms with Crippen molar-refractivity contribution < 1.29 is 0 Å². The van der Waals surface area contributed by atoms with Crippen LogP contribution in [0.1, 0.15) is 20.3 Å². The van der Waals surface area contributed by atoms with E-state index in [9.17, 15) is 0 Å². The Morgan fingerprint density at radius 2 is 2.25 bits per heavy atom. The molecule has 1 atom stereocenters. The molecule has 0 saturated heterocycles. The molecule has 0 saturated carbocycles. The Morgan fingerprint density at radius 3 is 2.62 bits per heavy atom. The highest BCUT2D eigenvalue weighted by Gasteiger charge is 1.87. The number of allylic oxidation sites excluding steroid dienone is 1. The molecule has 2 N–H and O–H groups in total. The Kier molecular flexibility index (Phi) is 4.67. The van der Waals surface area contributed by atoms with Crippen molar-refractivity contribution >= 4 is 0 Å². The summed E-state index contributed by atoms with van der Waals surface area (Å²) in [6.07, 6.45) is 5.37. The van der Waals surface area contributed by atoms with Crippen molar-refractivity contribution in [2.24, 2.45) is 11.7 Å². The Balaban J connectivity index is 3.21. The third-order valence-corrected chi connectivity index (χ3v) is 1.24. The fourth-order valence-corrected chi connectivity index (χ4v) is 0.447. The van der Waals surface area contributed by atoms with Crippen LogP contribution >= 0.6 is 0 Å². The summed E-state index contributed by atoms with van der Waals surface area (Å²) >= 11 is 0. The highest BCUT2D eigenvalue weighted by Crippen LogP contribution is 2.00. The molecule has 0 heterocycles. The molecule has 0 radical (unpaired) electrons. The molecule has 0 rings (SSSR count). The molecule has 0 spiro atoms. The van der Waals surface area contributed by atoms with Crippen molar-refractivity contribution in [2.75, 3.05) is 6.54 Å². The third-order valence-electron chi connectivity index (χ3n) is 1.24. The molecule has 1 heteroatoms. The Bertz CT molecular complexity index is 66.8. The predicted octanol–water partition coefficient (Wildman–Crippen LogP) is 1.55. The van der Waals surface area contributed by atoms with E-state index in [1.807, 2.05) is 6.08 Å². The van der Waals surface area contributed by atoms with E-state index in [0.717, 1.165) is 0 Å². The maximum atomic E-state index is 5.24. The standard InChI is InChI=1S/C7H15N/c1-3-7(2)5-4-6-8/h4-5,7H,3,6,8H2,1-2H3. The molecule has 0 aliphatic rings. The molecule has 0 fully saturated rings. The van der Waals surface area contributed by atoms with Crippen LogP contribution in [0.4, 0.5) is 0 Å². The first kappa shape index (κ1) is 7.70. The second-order valence-corrected chi connectivity index (χ2v) is 2.05. The zero-order valence-corrected chi connectivity index (χ0v) is 5.72. The smallest absolute Gasteiger partial charge is 0.0106 e. The van der Waals surface area contributed by atoms with Crippen LogP contribution in [0.15, 0.2) is 12.2 Å². The number of rotatable bonds is 3. The second kappa shape index (κ2) is 4.85. The first-order valence-corrected chi connectivity index (χ1v) is 3.18. The lowest BCUT2D eigenvalue weighted by Crippen LogP contribution is -1.94. The highest BCUT2D eigenvalue weighted by atomic mass is 14.5. The van der Waals surface area contributed by atoms with Crippen molar-refractivity contribution in [1.29, 1.82) is 0 Å². The van der Waals surface area contributed by atoms with Gasteiger partial charge in [0.25, 0.3) is 0 Å². The van der Waals surface area contributed by atoms with Gasteiger partial charge < -0.3 is 5.73 Å². The highest BCUT2D eigenvalue weighted by molar-refractivity contribution is 4.86. The van der Waals surface area contributed by atoms with Gasteiger partial charge in [-0.05, 0) is 5.92 Å². The third kappa shape index (κ3) is 3.88. The van der Waals surface area contributed by atoms with E-state index in [0.29, 0.717) is 12.5 Å². The summed E-state index contributed by atoms with van der Waals surface area (Å²) in [6, 6.07) is 0. The van der Waals surface area contributed by atoms with Crippen molar-refractivity contribution in [1.82, 2.24) is 0 Å². The molecule has 0 aliphatic carbocycles. The van der Waals surface area contributed by atoms with Crippen molar-refractivity contribution in [2.45, 2.75) is 20.3 Å². The number of nitrogens with two attached hydrogens (primary N) is 1. The lowest BCUT2D eigenvalue weighted by atomic mass is 10.1. The van der Waals surface area contributed by atoms with Gasteiger partial charge in [0, 0.05) is 6.54 Å². The SMILES string of the molecule is CCC(C)C=CCN. The molecule has 0 bridgehead atoms. The first-order chi connectivity index (χ1) is 3.81. The van der Waals surface area contributed by atoms with Gasteiger partial charge in [-0.2, -0.15) is 0 Å². The van der Waals surface area contributed by atoms with Crippen LogP contribution in [-0.4, -0.2) is 6.54 Å². The molecular formula is C7H15N. The molecule has 0 aromatic carbocycles. The summed E-state index contributed by atoms with van der Waals surface area (Å²) in [5.41, 5.74) is 5.24. The zero-order valence-electron chi connectivity index (χ0n) is 5.72.